The van der Waals surface area contributed by atoms with Crippen LogP contribution >= 0.6 is 0 Å². The molecule has 1 aromatic heterocycles. The van der Waals surface area contributed by atoms with Crippen molar-refractivity contribution in [2.24, 2.45) is 40.5 Å². The zero-order chi connectivity index (χ0) is 44.5. The van der Waals surface area contributed by atoms with Crippen molar-refractivity contribution in [3.8, 4) is 5.75 Å². The number of benzene rings is 1. The number of fused-ring (bicyclic) bond motifs is 2. The second-order valence-corrected chi connectivity index (χ2v) is 18.3. The molecule has 6 fully saturated rings. The van der Waals surface area contributed by atoms with Gasteiger partial charge in [0.25, 0.3) is 0 Å². The Hall–Kier alpha value is -3.09. The van der Waals surface area contributed by atoms with E-state index in [4.69, 9.17) is 57.1 Å². The highest BCUT2D eigenvalue weighted by atomic mass is 19.1. The lowest BCUT2D eigenvalue weighted by Crippen LogP contribution is -2.68. The van der Waals surface area contributed by atoms with Gasteiger partial charge in [-0.3, -0.25) is 4.79 Å². The number of nitrogens with two attached hydrogens (primary N) is 5. The number of carbonyl (C=O) groups excluding carboxylic acids is 1. The van der Waals surface area contributed by atoms with Gasteiger partial charge in [0, 0.05) is 49.0 Å². The summed E-state index contributed by atoms with van der Waals surface area (Å²) < 4.78 is 54.1. The summed E-state index contributed by atoms with van der Waals surface area (Å²) >= 11 is 0. The highest BCUT2D eigenvalue weighted by molar-refractivity contribution is 6.00. The second-order valence-electron chi connectivity index (χ2n) is 18.3. The number of aromatic nitrogens is 1. The maximum atomic E-state index is 16.7. The van der Waals surface area contributed by atoms with Gasteiger partial charge in [-0.25, -0.2) is 9.18 Å². The molecule has 19 nitrogen and oxygen atoms in total. The van der Waals surface area contributed by atoms with Gasteiger partial charge in [-0.1, -0.05) is 12.8 Å². The number of halogens is 1. The number of carbonyl (C=O) groups is 1. The van der Waals surface area contributed by atoms with Gasteiger partial charge in [0.2, 0.25) is 5.43 Å². The molecule has 16 atom stereocenters. The summed E-state index contributed by atoms with van der Waals surface area (Å²) in [7, 11) is 1.47. The number of esters is 1. The van der Waals surface area contributed by atoms with E-state index in [1.807, 2.05) is 4.57 Å². The number of hydrogen-bond donors (Lipinski definition) is 9. The number of aryl methyl sites for hydroxylation is 1. The molecule has 3 aliphatic heterocycles. The highest BCUT2D eigenvalue weighted by Gasteiger charge is 2.51. The summed E-state index contributed by atoms with van der Waals surface area (Å²) in [4.78, 5) is 30.6. The van der Waals surface area contributed by atoms with Crippen LogP contribution in [0.5, 0.6) is 5.75 Å². The summed E-state index contributed by atoms with van der Waals surface area (Å²) in [5.41, 5.74) is 31.1. The molecule has 1 aromatic carbocycles. The first-order chi connectivity index (χ1) is 29.6. The van der Waals surface area contributed by atoms with Gasteiger partial charge in [0.1, 0.15) is 54.5 Å². The van der Waals surface area contributed by atoms with E-state index in [0.717, 1.165) is 38.5 Å². The zero-order valence-electron chi connectivity index (χ0n) is 35.5. The maximum Gasteiger partial charge on any atom is 0.344 e. The molecule has 4 heterocycles. The van der Waals surface area contributed by atoms with Crippen LogP contribution in [0.4, 0.5) is 10.1 Å². The van der Waals surface area contributed by atoms with E-state index >= 15 is 4.39 Å². The van der Waals surface area contributed by atoms with Gasteiger partial charge >= 0.3 is 5.97 Å². The lowest BCUT2D eigenvalue weighted by Gasteiger charge is -2.47. The van der Waals surface area contributed by atoms with Gasteiger partial charge < -0.3 is 87.0 Å². The minimum absolute atomic E-state index is 0.00130. The number of methoxy groups -OCH3 is 1. The number of rotatable bonds is 11. The molecule has 0 amide bonds. The van der Waals surface area contributed by atoms with Crippen LogP contribution in [-0.2, 0) is 23.7 Å². The van der Waals surface area contributed by atoms with Gasteiger partial charge in [-0.2, -0.15) is 0 Å². The normalized spacial score (nSPS) is 38.9. The minimum Gasteiger partial charge on any atom is -0.492 e. The Balaban J connectivity index is 1.02. The van der Waals surface area contributed by atoms with Crippen LogP contribution in [0.15, 0.2) is 4.79 Å². The molecule has 3 saturated carbocycles. The molecule has 8 rings (SSSR count). The van der Waals surface area contributed by atoms with E-state index in [2.05, 4.69) is 4.90 Å². The predicted octanol–water partition coefficient (Wildman–Crippen LogP) is -1.39. The number of ether oxygens (including phenoxy) is 6. The number of aliphatic hydroxyl groups excluding tert-OH is 4. The van der Waals surface area contributed by atoms with Crippen molar-refractivity contribution in [2.75, 3.05) is 38.3 Å². The zero-order valence-corrected chi connectivity index (χ0v) is 35.5. The van der Waals surface area contributed by atoms with Crippen LogP contribution in [0.3, 0.4) is 0 Å². The Morgan fingerprint density at radius 2 is 1.45 bits per heavy atom. The third kappa shape index (κ3) is 8.13. The van der Waals surface area contributed by atoms with Crippen molar-refractivity contribution >= 4 is 22.6 Å². The molecule has 62 heavy (non-hydrogen) atoms. The van der Waals surface area contributed by atoms with Crippen LogP contribution < -0.4 is 43.7 Å². The fourth-order valence-corrected chi connectivity index (χ4v) is 10.6. The van der Waals surface area contributed by atoms with E-state index in [1.165, 1.54) is 7.11 Å². The van der Waals surface area contributed by atoms with E-state index in [0.29, 0.717) is 41.8 Å². The van der Waals surface area contributed by atoms with Crippen molar-refractivity contribution in [1.29, 1.82) is 0 Å². The van der Waals surface area contributed by atoms with Crippen LogP contribution in [0.2, 0.25) is 0 Å². The van der Waals surface area contributed by atoms with Crippen LogP contribution in [0.1, 0.15) is 79.0 Å². The third-order valence-corrected chi connectivity index (χ3v) is 14.2. The molecule has 3 saturated heterocycles. The predicted molar refractivity (Wildman–Crippen MR) is 222 cm³/mol. The molecule has 346 valence electrons. The number of pyridine rings is 1. The largest absolute Gasteiger partial charge is 0.492 e. The molecule has 0 spiro atoms. The average molecular weight is 878 g/mol. The summed E-state index contributed by atoms with van der Waals surface area (Å²) in [5, 5.41) is 44.0. The number of nitrogens with zero attached hydrogens (tertiary/aromatic N) is 2. The number of aliphatic hydroxyl groups is 4. The molecule has 2 unspecified atom stereocenters. The highest BCUT2D eigenvalue weighted by Crippen LogP contribution is 2.48. The van der Waals surface area contributed by atoms with Crippen LogP contribution in [0, 0.1) is 31.5 Å². The molecule has 6 aliphatic rings. The van der Waals surface area contributed by atoms with Crippen LogP contribution in [-0.4, -0.2) is 150 Å². The van der Waals surface area contributed by atoms with Gasteiger partial charge in [0.15, 0.2) is 24.1 Å². The fraction of sp³-hybridized carbons (Fsp3) is 0.762. The van der Waals surface area contributed by atoms with Gasteiger partial charge in [-0.05, 0) is 64.2 Å². The van der Waals surface area contributed by atoms with Crippen LogP contribution in [0.25, 0.3) is 10.9 Å². The molecule has 0 bridgehead atoms. The first kappa shape index (κ1) is 45.5. The van der Waals surface area contributed by atoms with E-state index < -0.39 is 109 Å². The monoisotopic (exact) mass is 877 g/mol. The summed E-state index contributed by atoms with van der Waals surface area (Å²) in [6, 6.07) is -3.90. The molecule has 0 radical (unpaired) electrons. The number of hydrogen-bond acceptors (Lipinski definition) is 18. The molecule has 3 aliphatic carbocycles. The fourth-order valence-electron chi connectivity index (χ4n) is 10.6. The average Bonchev–Trinajstić information content (AvgIpc) is 3.98. The Bertz CT molecular complexity index is 2030. The van der Waals surface area contributed by atoms with Crippen molar-refractivity contribution < 1.29 is 58.0 Å². The minimum atomic E-state index is -1.64. The lowest BCUT2D eigenvalue weighted by atomic mass is 9.82. The summed E-state index contributed by atoms with van der Waals surface area (Å²) in [5.74, 6) is -0.409. The maximum absolute atomic E-state index is 16.7. The van der Waals surface area contributed by atoms with Crippen molar-refractivity contribution in [3.63, 3.8) is 0 Å². The molecule has 14 N–H and O–H groups in total. The molecule has 20 heteroatoms. The first-order valence-electron chi connectivity index (χ1n) is 22.0. The molecular formula is C42H64FN7O12. The first-order valence-corrected chi connectivity index (χ1v) is 22.0. The van der Waals surface area contributed by atoms with Crippen molar-refractivity contribution in [2.45, 2.75) is 157 Å². The SMILES string of the molecule is COc1c(N2CC3CCCCC3C2)c(F)c(C)c2c(=O)c(C(=O)OC[C@H]3O[C@H](O[C@@H]4[C@@H](O)[C@H](O[C@H]5O[C@H](CN)[C@@H](O)C[C@H]5N)[C@@H](N)C[C@H]4N)[C@H](O)[C@@H](N)[C@@H]3O)c(C)n(C3CC3)c12. The van der Waals surface area contributed by atoms with E-state index in [9.17, 15) is 30.0 Å². The Morgan fingerprint density at radius 3 is 2.05 bits per heavy atom. The van der Waals surface area contributed by atoms with Gasteiger partial charge in [-0.15, -0.1) is 0 Å². The Morgan fingerprint density at radius 1 is 0.839 bits per heavy atom. The lowest BCUT2D eigenvalue weighted by molar-refractivity contribution is -0.314. The van der Waals surface area contributed by atoms with E-state index in [-0.39, 0.29) is 47.7 Å². The number of anilines is 1. The molecular weight excluding hydrogens is 813 g/mol. The Labute approximate surface area is 358 Å². The van der Waals surface area contributed by atoms with Crippen molar-refractivity contribution in [1.82, 2.24) is 4.57 Å². The van der Waals surface area contributed by atoms with E-state index in [1.54, 1.807) is 13.8 Å². The smallest absolute Gasteiger partial charge is 0.344 e. The van der Waals surface area contributed by atoms with Gasteiger partial charge in [0.05, 0.1) is 42.3 Å². The van der Waals surface area contributed by atoms with Crippen molar-refractivity contribution in [3.05, 3.63) is 32.9 Å². The third-order valence-electron chi connectivity index (χ3n) is 14.2. The quantitative estimate of drug-likeness (QED) is 0.117. The summed E-state index contributed by atoms with van der Waals surface area (Å²) in [6.07, 6.45) is -6.53. The second kappa shape index (κ2) is 18.1. The standard InChI is InChI=1S/C42H64FN7O12/c1-16-27-31(39(57-3)32(29(16)43)49-13-18-6-4-5-7-19(18)14-49)50(20-8-9-20)17(2)28(34(27)53)40(56)58-15-26-33(52)30(48)35(54)42(60-26)62-38-22(46)10-21(45)37(36(38)55)61-41-23(47)11-24(51)25(12-44)59-41/h18-26,30,33,35-38,41-42,51-52,54-55H,4-15,44-48H2,1-3H3/t18?,19?,21-,22+,23+,24-,25+,26+,30-,33+,35+,36-,37+,38-,41+,42+/m0/s1. The topological polar surface area (TPSA) is 309 Å². The summed E-state index contributed by atoms with van der Waals surface area (Å²) in [6.45, 7) is 3.96. The molecule has 2 aromatic rings. The Kier molecular flexibility index (Phi) is 13.2.